The molecule has 1 heterocycles. The van der Waals surface area contributed by atoms with Crippen molar-refractivity contribution < 1.29 is 17.9 Å². The van der Waals surface area contributed by atoms with Crippen LogP contribution in [0.3, 0.4) is 0 Å². The molecule has 0 saturated heterocycles. The van der Waals surface area contributed by atoms with E-state index in [0.717, 1.165) is 5.56 Å². The molecule has 5 nitrogen and oxygen atoms in total. The van der Waals surface area contributed by atoms with Gasteiger partial charge in [-0.25, -0.2) is 9.98 Å². The number of ether oxygens (including phenoxy) is 1. The van der Waals surface area contributed by atoms with Gasteiger partial charge in [0.2, 0.25) is 5.88 Å². The summed E-state index contributed by atoms with van der Waals surface area (Å²) < 4.78 is 41.4. The van der Waals surface area contributed by atoms with Crippen LogP contribution in [0.5, 0.6) is 5.88 Å². The lowest BCUT2D eigenvalue weighted by Gasteiger charge is -2.18. The van der Waals surface area contributed by atoms with Crippen LogP contribution in [0.1, 0.15) is 31.0 Å². The normalized spacial score (nSPS) is 12.7. The third-order valence-electron chi connectivity index (χ3n) is 3.60. The molecule has 2 N–H and O–H groups in total. The molecule has 0 bridgehead atoms. The Morgan fingerprint density at radius 2 is 1.93 bits per heavy atom. The third-order valence-corrected chi connectivity index (χ3v) is 3.60. The van der Waals surface area contributed by atoms with E-state index in [2.05, 4.69) is 25.3 Å². The van der Waals surface area contributed by atoms with E-state index in [1.165, 1.54) is 12.3 Å². The first-order valence-electron chi connectivity index (χ1n) is 8.61. The summed E-state index contributed by atoms with van der Waals surface area (Å²) in [4.78, 5) is 8.28. The largest absolute Gasteiger partial charge is 0.468 e. The molecule has 0 spiro atoms. The molecular formula is C19H24F3IN4O. The summed E-state index contributed by atoms with van der Waals surface area (Å²) in [5.41, 5.74) is 1.82. The Balaban J connectivity index is 0.00000392. The molecule has 1 unspecified atom stereocenters. The molecule has 1 aromatic carbocycles. The molecule has 0 fully saturated rings. The number of hydrogen-bond donors (Lipinski definition) is 2. The van der Waals surface area contributed by atoms with Gasteiger partial charge in [0.1, 0.15) is 0 Å². The fourth-order valence-corrected chi connectivity index (χ4v) is 2.30. The van der Waals surface area contributed by atoms with Gasteiger partial charge in [-0.3, -0.25) is 0 Å². The molecule has 154 valence electrons. The maximum atomic E-state index is 12.3. The van der Waals surface area contributed by atoms with Crippen molar-refractivity contribution in [2.75, 3.05) is 13.2 Å². The van der Waals surface area contributed by atoms with E-state index in [1.54, 1.807) is 6.07 Å². The summed E-state index contributed by atoms with van der Waals surface area (Å²) in [5, 5.41) is 6.46. The summed E-state index contributed by atoms with van der Waals surface area (Å²) in [5.74, 6) is 0.541. The average Bonchev–Trinajstić information content (AvgIpc) is 2.65. The number of pyridine rings is 1. The Hall–Kier alpha value is -2.04. The number of hydrogen-bond acceptors (Lipinski definition) is 3. The molecular weight excluding hydrogens is 484 g/mol. The number of guanidine groups is 1. The molecule has 1 aromatic heterocycles. The topological polar surface area (TPSA) is 58.5 Å². The highest BCUT2D eigenvalue weighted by atomic mass is 127. The first-order valence-corrected chi connectivity index (χ1v) is 8.61. The highest BCUT2D eigenvalue weighted by Gasteiger charge is 2.28. The van der Waals surface area contributed by atoms with Gasteiger partial charge in [0.15, 0.2) is 12.6 Å². The summed E-state index contributed by atoms with van der Waals surface area (Å²) in [6, 6.07) is 13.1. The molecule has 0 aliphatic carbocycles. The number of nitrogens with one attached hydrogen (secondary N) is 2. The predicted molar refractivity (Wildman–Crippen MR) is 114 cm³/mol. The first kappa shape index (κ1) is 24.0. The Bertz CT molecular complexity index is 741. The molecule has 1 atom stereocenters. The monoisotopic (exact) mass is 508 g/mol. The minimum Gasteiger partial charge on any atom is -0.468 e. The number of aromatic nitrogens is 1. The Kier molecular flexibility index (Phi) is 10.0. The number of rotatable bonds is 7. The van der Waals surface area contributed by atoms with Crippen molar-refractivity contribution in [3.05, 3.63) is 59.8 Å². The maximum Gasteiger partial charge on any atom is 0.422 e. The molecule has 0 aliphatic rings. The quantitative estimate of drug-likeness (QED) is 0.330. The smallest absolute Gasteiger partial charge is 0.422 e. The van der Waals surface area contributed by atoms with E-state index in [0.29, 0.717) is 18.1 Å². The van der Waals surface area contributed by atoms with Crippen LogP contribution in [0.15, 0.2) is 53.7 Å². The molecule has 0 aliphatic heterocycles. The number of aliphatic imine (C=N–C) groups is 1. The number of nitrogens with zero attached hydrogens (tertiary/aromatic N) is 2. The highest BCUT2D eigenvalue weighted by Crippen LogP contribution is 2.18. The Morgan fingerprint density at radius 1 is 1.21 bits per heavy atom. The zero-order valence-corrected chi connectivity index (χ0v) is 18.0. The van der Waals surface area contributed by atoms with Gasteiger partial charge in [-0.2, -0.15) is 13.2 Å². The van der Waals surface area contributed by atoms with Crippen molar-refractivity contribution in [3.8, 4) is 5.88 Å². The minimum absolute atomic E-state index is 0. The molecule has 0 amide bonds. The van der Waals surface area contributed by atoms with Gasteiger partial charge in [0.05, 0.1) is 12.6 Å². The molecule has 0 radical (unpaired) electrons. The van der Waals surface area contributed by atoms with Crippen molar-refractivity contribution in [2.45, 2.75) is 32.6 Å². The second-order valence-electron chi connectivity index (χ2n) is 5.88. The van der Waals surface area contributed by atoms with Crippen molar-refractivity contribution in [1.29, 1.82) is 0 Å². The van der Waals surface area contributed by atoms with Gasteiger partial charge in [0, 0.05) is 18.8 Å². The van der Waals surface area contributed by atoms with Crippen LogP contribution in [0.25, 0.3) is 0 Å². The summed E-state index contributed by atoms with van der Waals surface area (Å²) in [6.45, 7) is 3.58. The number of halogens is 4. The first-order chi connectivity index (χ1) is 12.9. The molecule has 0 saturated carbocycles. The van der Waals surface area contributed by atoms with Crippen molar-refractivity contribution in [3.63, 3.8) is 0 Å². The van der Waals surface area contributed by atoms with Crippen LogP contribution in [0.2, 0.25) is 0 Å². The standard InChI is InChI=1S/C19H23F3N4O.HI/c1-3-23-18(26-14(2)16-7-5-4-6-8-16)25-12-15-9-10-24-17(11-15)27-13-19(20,21)22;/h4-11,14H,3,12-13H2,1-2H3,(H2,23,25,26);1H. The Labute approximate surface area is 179 Å². The average molecular weight is 508 g/mol. The van der Waals surface area contributed by atoms with E-state index in [9.17, 15) is 13.2 Å². The van der Waals surface area contributed by atoms with Gasteiger partial charge in [-0.05, 0) is 31.0 Å². The van der Waals surface area contributed by atoms with E-state index in [-0.39, 0.29) is 42.4 Å². The lowest BCUT2D eigenvalue weighted by Crippen LogP contribution is -2.38. The predicted octanol–water partition coefficient (Wildman–Crippen LogP) is 4.46. The molecule has 28 heavy (non-hydrogen) atoms. The van der Waals surface area contributed by atoms with Crippen LogP contribution in [0, 0.1) is 0 Å². The molecule has 9 heteroatoms. The zero-order valence-electron chi connectivity index (χ0n) is 15.7. The highest BCUT2D eigenvalue weighted by molar-refractivity contribution is 14.0. The Morgan fingerprint density at radius 3 is 2.57 bits per heavy atom. The van der Waals surface area contributed by atoms with Crippen molar-refractivity contribution >= 4 is 29.9 Å². The van der Waals surface area contributed by atoms with E-state index in [1.807, 2.05) is 44.2 Å². The van der Waals surface area contributed by atoms with Crippen LogP contribution in [0.4, 0.5) is 13.2 Å². The number of benzene rings is 1. The second-order valence-corrected chi connectivity index (χ2v) is 5.88. The van der Waals surface area contributed by atoms with Gasteiger partial charge in [0.25, 0.3) is 0 Å². The van der Waals surface area contributed by atoms with Crippen LogP contribution in [-0.2, 0) is 6.54 Å². The summed E-state index contributed by atoms with van der Waals surface area (Å²) >= 11 is 0. The second kappa shape index (κ2) is 11.7. The van der Waals surface area contributed by atoms with Crippen LogP contribution in [-0.4, -0.2) is 30.3 Å². The summed E-state index contributed by atoms with van der Waals surface area (Å²) in [6.07, 6.45) is -2.99. The van der Waals surface area contributed by atoms with Gasteiger partial charge in [-0.15, -0.1) is 24.0 Å². The maximum absolute atomic E-state index is 12.3. The third kappa shape index (κ3) is 8.77. The minimum atomic E-state index is -4.40. The lowest BCUT2D eigenvalue weighted by molar-refractivity contribution is -0.154. The lowest BCUT2D eigenvalue weighted by atomic mass is 10.1. The van der Waals surface area contributed by atoms with E-state index >= 15 is 0 Å². The van der Waals surface area contributed by atoms with Gasteiger partial charge in [-0.1, -0.05) is 30.3 Å². The van der Waals surface area contributed by atoms with E-state index < -0.39 is 12.8 Å². The van der Waals surface area contributed by atoms with Crippen LogP contribution < -0.4 is 15.4 Å². The van der Waals surface area contributed by atoms with Gasteiger partial charge < -0.3 is 15.4 Å². The van der Waals surface area contributed by atoms with Crippen molar-refractivity contribution in [1.82, 2.24) is 15.6 Å². The summed E-state index contributed by atoms with van der Waals surface area (Å²) in [7, 11) is 0. The van der Waals surface area contributed by atoms with Gasteiger partial charge >= 0.3 is 6.18 Å². The SMILES string of the molecule is CCNC(=NCc1ccnc(OCC(F)(F)F)c1)NC(C)c1ccccc1.I. The van der Waals surface area contributed by atoms with Crippen molar-refractivity contribution in [2.24, 2.45) is 4.99 Å². The fourth-order valence-electron chi connectivity index (χ4n) is 2.30. The van der Waals surface area contributed by atoms with Crippen LogP contribution >= 0.6 is 24.0 Å². The van der Waals surface area contributed by atoms with E-state index in [4.69, 9.17) is 0 Å². The molecule has 2 aromatic rings. The molecule has 2 rings (SSSR count). The number of alkyl halides is 3. The zero-order chi connectivity index (χ0) is 19.7. The fraction of sp³-hybridized carbons (Fsp3) is 0.368.